The molecule has 0 aliphatic heterocycles. The van der Waals surface area contributed by atoms with E-state index in [1.807, 2.05) is 18.2 Å². The van der Waals surface area contributed by atoms with Crippen molar-refractivity contribution in [2.24, 2.45) is 5.41 Å². The van der Waals surface area contributed by atoms with Gasteiger partial charge in [0.05, 0.1) is 5.69 Å². The highest BCUT2D eigenvalue weighted by molar-refractivity contribution is 5.28. The zero-order valence-corrected chi connectivity index (χ0v) is 8.75. The first kappa shape index (κ1) is 9.46. The molecule has 2 rings (SSSR count). The van der Waals surface area contributed by atoms with Crippen molar-refractivity contribution >= 4 is 5.82 Å². The Morgan fingerprint density at radius 2 is 2.29 bits per heavy atom. The van der Waals surface area contributed by atoms with Crippen LogP contribution in [0.2, 0.25) is 0 Å². The number of nitrogens with zero attached hydrogens (tertiary/aromatic N) is 1. The second-order valence-corrected chi connectivity index (χ2v) is 4.68. The number of hydrogen-bond donors (Lipinski definition) is 2. The lowest BCUT2D eigenvalue weighted by atomic mass is 10.2. The molecule has 0 spiro atoms. The van der Waals surface area contributed by atoms with E-state index in [1.165, 1.54) is 6.42 Å². The monoisotopic (exact) mass is 191 g/mol. The van der Waals surface area contributed by atoms with E-state index in [0.717, 1.165) is 12.2 Å². The summed E-state index contributed by atoms with van der Waals surface area (Å²) in [6, 6.07) is 6.39. The largest absolute Gasteiger partial charge is 0.384 e. The van der Waals surface area contributed by atoms with Crippen LogP contribution in [-0.2, 0) is 6.54 Å². The Morgan fingerprint density at radius 1 is 1.57 bits per heavy atom. The normalized spacial score (nSPS) is 23.4. The SMILES string of the molecule is CC1(C)CC1NCc1cccc(N)n1. The summed E-state index contributed by atoms with van der Waals surface area (Å²) in [6.45, 7) is 5.37. The van der Waals surface area contributed by atoms with Gasteiger partial charge in [0.2, 0.25) is 0 Å². The molecule has 1 aliphatic rings. The number of pyridine rings is 1. The number of aromatic nitrogens is 1. The first-order valence-corrected chi connectivity index (χ1v) is 5.03. The molecule has 1 aromatic rings. The minimum absolute atomic E-state index is 0.473. The van der Waals surface area contributed by atoms with Gasteiger partial charge in [0.1, 0.15) is 5.82 Å². The molecular formula is C11H17N3. The maximum Gasteiger partial charge on any atom is 0.123 e. The van der Waals surface area contributed by atoms with E-state index < -0.39 is 0 Å². The van der Waals surface area contributed by atoms with Crippen molar-refractivity contribution in [3.63, 3.8) is 0 Å². The number of rotatable bonds is 3. The molecule has 0 amide bonds. The quantitative estimate of drug-likeness (QED) is 0.762. The van der Waals surface area contributed by atoms with Gasteiger partial charge in [-0.3, -0.25) is 0 Å². The van der Waals surface area contributed by atoms with Gasteiger partial charge in [-0.05, 0) is 24.0 Å². The molecule has 1 fully saturated rings. The predicted octanol–water partition coefficient (Wildman–Crippen LogP) is 1.55. The maximum atomic E-state index is 5.60. The zero-order valence-electron chi connectivity index (χ0n) is 8.75. The average Bonchev–Trinajstić information content (AvgIpc) is 2.71. The number of nitrogens with one attached hydrogen (secondary N) is 1. The van der Waals surface area contributed by atoms with Gasteiger partial charge in [-0.1, -0.05) is 19.9 Å². The van der Waals surface area contributed by atoms with Crippen LogP contribution in [0.3, 0.4) is 0 Å². The van der Waals surface area contributed by atoms with Crippen LogP contribution in [0.1, 0.15) is 26.0 Å². The Morgan fingerprint density at radius 3 is 2.86 bits per heavy atom. The number of nitrogens with two attached hydrogens (primary N) is 1. The molecule has 1 aromatic heterocycles. The van der Waals surface area contributed by atoms with Gasteiger partial charge in [-0.2, -0.15) is 0 Å². The van der Waals surface area contributed by atoms with Crippen LogP contribution in [0.25, 0.3) is 0 Å². The Balaban J connectivity index is 1.87. The molecule has 3 nitrogen and oxygen atoms in total. The van der Waals surface area contributed by atoms with E-state index in [0.29, 0.717) is 17.3 Å². The summed E-state index contributed by atoms with van der Waals surface area (Å²) in [5.41, 5.74) is 7.09. The number of anilines is 1. The molecule has 0 aromatic carbocycles. The van der Waals surface area contributed by atoms with Crippen molar-refractivity contribution < 1.29 is 0 Å². The summed E-state index contributed by atoms with van der Waals surface area (Å²) in [4.78, 5) is 4.24. The molecule has 3 heteroatoms. The summed E-state index contributed by atoms with van der Waals surface area (Å²) in [5.74, 6) is 0.597. The van der Waals surface area contributed by atoms with E-state index >= 15 is 0 Å². The molecule has 1 atom stereocenters. The third-order valence-corrected chi connectivity index (χ3v) is 2.87. The van der Waals surface area contributed by atoms with Crippen LogP contribution < -0.4 is 11.1 Å². The highest BCUT2D eigenvalue weighted by atomic mass is 15.0. The maximum absolute atomic E-state index is 5.60. The number of nitrogen functional groups attached to an aromatic ring is 1. The van der Waals surface area contributed by atoms with Crippen molar-refractivity contribution in [3.05, 3.63) is 23.9 Å². The molecule has 76 valence electrons. The van der Waals surface area contributed by atoms with Crippen LogP contribution >= 0.6 is 0 Å². The van der Waals surface area contributed by atoms with Crippen LogP contribution in [0.4, 0.5) is 5.82 Å². The summed E-state index contributed by atoms with van der Waals surface area (Å²) in [5, 5.41) is 3.47. The Bertz CT molecular complexity index is 333. The first-order valence-electron chi connectivity index (χ1n) is 5.03. The fourth-order valence-corrected chi connectivity index (χ4v) is 1.64. The third kappa shape index (κ3) is 2.04. The van der Waals surface area contributed by atoms with Crippen molar-refractivity contribution in [1.82, 2.24) is 10.3 Å². The van der Waals surface area contributed by atoms with Crippen molar-refractivity contribution in [1.29, 1.82) is 0 Å². The fraction of sp³-hybridized carbons (Fsp3) is 0.545. The van der Waals surface area contributed by atoms with Gasteiger partial charge in [-0.15, -0.1) is 0 Å². The summed E-state index contributed by atoms with van der Waals surface area (Å²) < 4.78 is 0. The highest BCUT2D eigenvalue weighted by Gasteiger charge is 2.44. The summed E-state index contributed by atoms with van der Waals surface area (Å²) in [6.07, 6.45) is 1.26. The third-order valence-electron chi connectivity index (χ3n) is 2.87. The first-order chi connectivity index (χ1) is 6.58. The van der Waals surface area contributed by atoms with E-state index in [4.69, 9.17) is 5.73 Å². The molecular weight excluding hydrogens is 174 g/mol. The van der Waals surface area contributed by atoms with Crippen LogP contribution in [0, 0.1) is 5.41 Å². The summed E-state index contributed by atoms with van der Waals surface area (Å²) in [7, 11) is 0. The lowest BCUT2D eigenvalue weighted by Gasteiger charge is -2.06. The Hall–Kier alpha value is -1.09. The molecule has 1 heterocycles. The molecule has 3 N–H and O–H groups in total. The Labute approximate surface area is 84.7 Å². The minimum Gasteiger partial charge on any atom is -0.384 e. The predicted molar refractivity (Wildman–Crippen MR) is 57.7 cm³/mol. The van der Waals surface area contributed by atoms with Crippen LogP contribution in [0.15, 0.2) is 18.2 Å². The van der Waals surface area contributed by atoms with Gasteiger partial charge < -0.3 is 11.1 Å². The lowest BCUT2D eigenvalue weighted by molar-refractivity contribution is 0.539. The van der Waals surface area contributed by atoms with E-state index in [1.54, 1.807) is 0 Å². The molecule has 1 unspecified atom stereocenters. The second-order valence-electron chi connectivity index (χ2n) is 4.68. The summed E-state index contributed by atoms with van der Waals surface area (Å²) >= 11 is 0. The van der Waals surface area contributed by atoms with Gasteiger partial charge >= 0.3 is 0 Å². The van der Waals surface area contributed by atoms with Gasteiger partial charge in [0, 0.05) is 12.6 Å². The second kappa shape index (κ2) is 3.24. The van der Waals surface area contributed by atoms with Crippen molar-refractivity contribution in [2.45, 2.75) is 32.9 Å². The standard InChI is InChI=1S/C11H17N3/c1-11(2)6-9(11)13-7-8-4-3-5-10(12)14-8/h3-5,9,13H,6-7H2,1-2H3,(H2,12,14). The molecule has 1 aliphatic carbocycles. The molecule has 14 heavy (non-hydrogen) atoms. The minimum atomic E-state index is 0.473. The topological polar surface area (TPSA) is 50.9 Å². The van der Waals surface area contributed by atoms with Crippen molar-refractivity contribution in [2.75, 3.05) is 5.73 Å². The van der Waals surface area contributed by atoms with Gasteiger partial charge in [0.25, 0.3) is 0 Å². The fourth-order valence-electron chi connectivity index (χ4n) is 1.64. The van der Waals surface area contributed by atoms with Crippen LogP contribution in [0.5, 0.6) is 0 Å². The molecule has 0 bridgehead atoms. The van der Waals surface area contributed by atoms with Crippen molar-refractivity contribution in [3.8, 4) is 0 Å². The van der Waals surface area contributed by atoms with E-state index in [9.17, 15) is 0 Å². The lowest BCUT2D eigenvalue weighted by Crippen LogP contribution is -2.20. The smallest absolute Gasteiger partial charge is 0.123 e. The van der Waals surface area contributed by atoms with Gasteiger partial charge in [-0.25, -0.2) is 4.98 Å². The Kier molecular flexibility index (Phi) is 2.19. The van der Waals surface area contributed by atoms with Crippen LogP contribution in [-0.4, -0.2) is 11.0 Å². The zero-order chi connectivity index (χ0) is 10.2. The number of hydrogen-bond acceptors (Lipinski definition) is 3. The molecule has 0 saturated heterocycles. The molecule has 0 radical (unpaired) electrons. The van der Waals surface area contributed by atoms with E-state index in [2.05, 4.69) is 24.1 Å². The average molecular weight is 191 g/mol. The van der Waals surface area contributed by atoms with Gasteiger partial charge in [0.15, 0.2) is 0 Å². The van der Waals surface area contributed by atoms with E-state index in [-0.39, 0.29) is 0 Å². The molecule has 1 saturated carbocycles. The highest BCUT2D eigenvalue weighted by Crippen LogP contribution is 2.44.